The third-order valence-corrected chi connectivity index (χ3v) is 2.36. The fraction of sp³-hybridized carbons (Fsp3) is 0.600. The molecule has 0 radical (unpaired) electrons. The fourth-order valence-corrected chi connectivity index (χ4v) is 1.48. The number of nitrogens with one attached hydrogen (secondary N) is 1. The summed E-state index contributed by atoms with van der Waals surface area (Å²) in [5.41, 5.74) is 0.221. The molecule has 0 atom stereocenters. The van der Waals surface area contributed by atoms with Gasteiger partial charge in [0.15, 0.2) is 0 Å². The standard InChI is InChI=1S/C10H16N2O2/c1-4-5-6-12(3)8-7(11-2)9(13)10(8)14/h11H,4-6H2,1-3H3. The smallest absolute Gasteiger partial charge is 0.253 e. The van der Waals surface area contributed by atoms with E-state index in [1.165, 1.54) is 0 Å². The van der Waals surface area contributed by atoms with Crippen LogP contribution >= 0.6 is 0 Å². The first-order valence-electron chi connectivity index (χ1n) is 4.85. The summed E-state index contributed by atoms with van der Waals surface area (Å²) in [5, 5.41) is 2.76. The van der Waals surface area contributed by atoms with Gasteiger partial charge in [-0.1, -0.05) is 13.3 Å². The molecule has 1 aromatic rings. The number of hydrogen-bond donors (Lipinski definition) is 1. The molecule has 4 heteroatoms. The van der Waals surface area contributed by atoms with Crippen LogP contribution in [0.3, 0.4) is 0 Å². The van der Waals surface area contributed by atoms with Gasteiger partial charge in [0.1, 0.15) is 11.4 Å². The summed E-state index contributed by atoms with van der Waals surface area (Å²) in [6.07, 6.45) is 2.10. The Labute approximate surface area is 83.2 Å². The summed E-state index contributed by atoms with van der Waals surface area (Å²) in [5.74, 6) is 0. The van der Waals surface area contributed by atoms with Crippen LogP contribution in [0.25, 0.3) is 0 Å². The minimum Gasteiger partial charge on any atom is -0.383 e. The van der Waals surface area contributed by atoms with Crippen molar-refractivity contribution >= 4 is 11.4 Å². The maximum atomic E-state index is 11.2. The lowest BCUT2D eigenvalue weighted by Crippen LogP contribution is -2.41. The van der Waals surface area contributed by atoms with Gasteiger partial charge in [-0.2, -0.15) is 0 Å². The zero-order valence-electron chi connectivity index (χ0n) is 8.89. The summed E-state index contributed by atoms with van der Waals surface area (Å²) in [6.45, 7) is 2.91. The Balaban J connectivity index is 2.80. The molecule has 14 heavy (non-hydrogen) atoms. The number of nitrogens with zero attached hydrogens (tertiary/aromatic N) is 1. The van der Waals surface area contributed by atoms with Gasteiger partial charge in [0.2, 0.25) is 0 Å². The second kappa shape index (κ2) is 4.26. The number of hydrogen-bond acceptors (Lipinski definition) is 4. The largest absolute Gasteiger partial charge is 0.383 e. The molecule has 0 spiro atoms. The molecule has 1 aromatic carbocycles. The zero-order chi connectivity index (χ0) is 10.7. The van der Waals surface area contributed by atoms with Crippen LogP contribution in [-0.2, 0) is 0 Å². The van der Waals surface area contributed by atoms with Gasteiger partial charge >= 0.3 is 0 Å². The van der Waals surface area contributed by atoms with Crippen molar-refractivity contribution in [1.29, 1.82) is 0 Å². The van der Waals surface area contributed by atoms with Gasteiger partial charge in [-0.3, -0.25) is 9.59 Å². The third-order valence-electron chi connectivity index (χ3n) is 2.36. The average Bonchev–Trinajstić information content (AvgIpc) is 2.20. The van der Waals surface area contributed by atoms with E-state index < -0.39 is 5.43 Å². The Kier molecular flexibility index (Phi) is 3.28. The van der Waals surface area contributed by atoms with E-state index in [0.29, 0.717) is 11.4 Å². The van der Waals surface area contributed by atoms with Crippen molar-refractivity contribution in [3.63, 3.8) is 0 Å². The van der Waals surface area contributed by atoms with Crippen LogP contribution in [0.4, 0.5) is 11.4 Å². The van der Waals surface area contributed by atoms with Crippen LogP contribution in [0.1, 0.15) is 19.8 Å². The van der Waals surface area contributed by atoms with Crippen molar-refractivity contribution in [2.75, 3.05) is 30.9 Å². The van der Waals surface area contributed by atoms with E-state index in [4.69, 9.17) is 0 Å². The predicted octanol–water partition coefficient (Wildman–Crippen LogP) is 0.561. The van der Waals surface area contributed by atoms with Crippen molar-refractivity contribution in [3.05, 3.63) is 20.4 Å². The summed E-state index contributed by atoms with van der Waals surface area (Å²) in [4.78, 5) is 24.2. The van der Waals surface area contributed by atoms with Crippen molar-refractivity contribution < 1.29 is 0 Å². The lowest BCUT2D eigenvalue weighted by Gasteiger charge is -2.22. The van der Waals surface area contributed by atoms with Gasteiger partial charge in [0, 0.05) is 20.6 Å². The van der Waals surface area contributed by atoms with Gasteiger partial charge in [0.25, 0.3) is 10.9 Å². The first kappa shape index (κ1) is 10.8. The van der Waals surface area contributed by atoms with E-state index >= 15 is 0 Å². The highest BCUT2D eigenvalue weighted by Gasteiger charge is 2.22. The summed E-state index contributed by atoms with van der Waals surface area (Å²) >= 11 is 0. The average molecular weight is 196 g/mol. The molecule has 1 rings (SSSR count). The quantitative estimate of drug-likeness (QED) is 0.699. The second-order valence-corrected chi connectivity index (χ2v) is 3.41. The zero-order valence-corrected chi connectivity index (χ0v) is 8.89. The highest BCUT2D eigenvalue weighted by atomic mass is 16.2. The molecule has 0 aliphatic rings. The lowest BCUT2D eigenvalue weighted by atomic mass is 10.1. The first-order chi connectivity index (χ1) is 6.63. The van der Waals surface area contributed by atoms with E-state index in [0.717, 1.165) is 19.4 Å². The Bertz CT molecular complexity index is 377. The van der Waals surface area contributed by atoms with Crippen LogP contribution < -0.4 is 21.1 Å². The maximum absolute atomic E-state index is 11.2. The Morgan fingerprint density at radius 2 is 1.93 bits per heavy atom. The third kappa shape index (κ3) is 1.64. The fourth-order valence-electron chi connectivity index (χ4n) is 1.48. The van der Waals surface area contributed by atoms with Crippen LogP contribution in [0.15, 0.2) is 9.59 Å². The number of anilines is 2. The van der Waals surface area contributed by atoms with Crippen LogP contribution in [0.2, 0.25) is 0 Å². The SMILES string of the molecule is CCCCN(C)c1c(NC)c(=O)c1=O. The predicted molar refractivity (Wildman–Crippen MR) is 59.1 cm³/mol. The van der Waals surface area contributed by atoms with Crippen molar-refractivity contribution in [2.45, 2.75) is 19.8 Å². The minimum atomic E-state index is -0.397. The van der Waals surface area contributed by atoms with Crippen molar-refractivity contribution in [2.24, 2.45) is 0 Å². The van der Waals surface area contributed by atoms with Crippen LogP contribution in [0, 0.1) is 0 Å². The minimum absolute atomic E-state index is 0.368. The topological polar surface area (TPSA) is 49.4 Å². The molecular weight excluding hydrogens is 180 g/mol. The van der Waals surface area contributed by atoms with E-state index in [9.17, 15) is 9.59 Å². The van der Waals surface area contributed by atoms with Crippen LogP contribution in [-0.4, -0.2) is 20.6 Å². The molecule has 0 unspecified atom stereocenters. The van der Waals surface area contributed by atoms with Gasteiger partial charge < -0.3 is 10.2 Å². The first-order valence-corrected chi connectivity index (χ1v) is 4.85. The van der Waals surface area contributed by atoms with Crippen LogP contribution in [0.5, 0.6) is 0 Å². The normalized spacial score (nSPS) is 10.5. The van der Waals surface area contributed by atoms with Crippen molar-refractivity contribution in [3.8, 4) is 0 Å². The monoisotopic (exact) mass is 196 g/mol. The Hall–Kier alpha value is -1.32. The molecule has 0 aromatic heterocycles. The molecule has 1 N–H and O–H groups in total. The second-order valence-electron chi connectivity index (χ2n) is 3.41. The molecule has 0 heterocycles. The van der Waals surface area contributed by atoms with Gasteiger partial charge in [-0.05, 0) is 6.42 Å². The Morgan fingerprint density at radius 3 is 2.43 bits per heavy atom. The molecule has 0 amide bonds. The molecule has 0 bridgehead atoms. The summed E-state index contributed by atoms with van der Waals surface area (Å²) in [6, 6.07) is 0. The Morgan fingerprint density at radius 1 is 1.29 bits per heavy atom. The summed E-state index contributed by atoms with van der Waals surface area (Å²) in [7, 11) is 3.50. The van der Waals surface area contributed by atoms with Gasteiger partial charge in [-0.25, -0.2) is 0 Å². The highest BCUT2D eigenvalue weighted by Crippen LogP contribution is 2.17. The molecular formula is C10H16N2O2. The number of rotatable bonds is 5. The summed E-state index contributed by atoms with van der Waals surface area (Å²) < 4.78 is 0. The number of unbranched alkanes of at least 4 members (excludes halogenated alkanes) is 1. The molecule has 78 valence electrons. The molecule has 4 nitrogen and oxygen atoms in total. The molecule has 0 saturated carbocycles. The highest BCUT2D eigenvalue weighted by molar-refractivity contribution is 5.74. The van der Waals surface area contributed by atoms with Crippen molar-refractivity contribution in [1.82, 2.24) is 0 Å². The molecule has 0 aliphatic carbocycles. The van der Waals surface area contributed by atoms with E-state index in [1.807, 2.05) is 11.9 Å². The maximum Gasteiger partial charge on any atom is 0.253 e. The molecule has 0 saturated heterocycles. The van der Waals surface area contributed by atoms with E-state index in [1.54, 1.807) is 7.05 Å². The lowest BCUT2D eigenvalue weighted by molar-refractivity contribution is 0.763. The van der Waals surface area contributed by atoms with E-state index in [-0.39, 0.29) is 5.43 Å². The van der Waals surface area contributed by atoms with Gasteiger partial charge in [0.05, 0.1) is 0 Å². The molecule has 0 aliphatic heterocycles. The van der Waals surface area contributed by atoms with E-state index in [2.05, 4.69) is 12.2 Å². The van der Waals surface area contributed by atoms with Gasteiger partial charge in [-0.15, -0.1) is 0 Å². The molecule has 0 fully saturated rings.